The molecule has 1 fully saturated rings. The van der Waals surface area contributed by atoms with Crippen molar-refractivity contribution in [2.45, 2.75) is 51.0 Å². The number of nitrogens with zero attached hydrogens (tertiary/aromatic N) is 5. The van der Waals surface area contributed by atoms with Gasteiger partial charge >= 0.3 is 12.1 Å². The summed E-state index contributed by atoms with van der Waals surface area (Å²) in [5.74, 6) is -0.187. The van der Waals surface area contributed by atoms with Crippen LogP contribution in [0.4, 0.5) is 10.6 Å². The Balaban J connectivity index is 1.93. The summed E-state index contributed by atoms with van der Waals surface area (Å²) >= 11 is 0. The summed E-state index contributed by atoms with van der Waals surface area (Å²) in [6, 6.07) is 5.98. The second-order valence-corrected chi connectivity index (χ2v) is 12.4. The summed E-state index contributed by atoms with van der Waals surface area (Å²) in [5, 5.41) is 0. The van der Waals surface area contributed by atoms with Crippen molar-refractivity contribution in [2.24, 2.45) is 0 Å². The highest BCUT2D eigenvalue weighted by Gasteiger charge is 2.28. The lowest BCUT2D eigenvalue weighted by Gasteiger charge is -2.36. The summed E-state index contributed by atoms with van der Waals surface area (Å²) in [5.41, 5.74) is -0.0646. The quantitative estimate of drug-likeness (QED) is 0.443. The molecule has 1 aromatic carbocycles. The Morgan fingerprint density at radius 1 is 1.05 bits per heavy atom. The van der Waals surface area contributed by atoms with Gasteiger partial charge in [0.15, 0.2) is 5.82 Å². The predicted molar refractivity (Wildman–Crippen MR) is 146 cm³/mol. The lowest BCUT2D eigenvalue weighted by molar-refractivity contribution is -0.143. The van der Waals surface area contributed by atoms with Crippen molar-refractivity contribution in [1.29, 1.82) is 0 Å². The molecule has 0 saturated carbocycles. The van der Waals surface area contributed by atoms with Gasteiger partial charge in [0.2, 0.25) is 10.0 Å². The Labute approximate surface area is 229 Å². The molecule has 13 heteroatoms. The van der Waals surface area contributed by atoms with Crippen LogP contribution in [0.25, 0.3) is 5.69 Å². The van der Waals surface area contributed by atoms with Crippen molar-refractivity contribution in [3.63, 3.8) is 0 Å². The molecule has 214 valence electrons. The second kappa shape index (κ2) is 12.2. The van der Waals surface area contributed by atoms with Crippen molar-refractivity contribution in [1.82, 2.24) is 18.8 Å². The number of hydrogen-bond acceptors (Lipinski definition) is 9. The first kappa shape index (κ1) is 30.1. The molecule has 0 unspecified atom stereocenters. The molecule has 1 aliphatic heterocycles. The molecule has 3 rings (SSSR count). The lowest BCUT2D eigenvalue weighted by Crippen LogP contribution is -2.51. The number of carbonyl (C=O) groups excluding carboxylic acids is 2. The highest BCUT2D eigenvalue weighted by atomic mass is 32.2. The molecular formula is C26H37N5O7S. The third kappa shape index (κ3) is 7.57. The number of carbonyl (C=O) groups is 2. The van der Waals surface area contributed by atoms with E-state index in [1.165, 1.54) is 30.8 Å². The Kier molecular flexibility index (Phi) is 9.38. The van der Waals surface area contributed by atoms with Crippen LogP contribution >= 0.6 is 0 Å². The second-order valence-electron chi connectivity index (χ2n) is 10.3. The number of amides is 1. The van der Waals surface area contributed by atoms with Gasteiger partial charge in [-0.1, -0.05) is 0 Å². The van der Waals surface area contributed by atoms with Crippen LogP contribution in [0.2, 0.25) is 0 Å². The molecule has 1 amide bonds. The highest BCUT2D eigenvalue weighted by molar-refractivity contribution is 7.89. The Morgan fingerprint density at radius 2 is 1.67 bits per heavy atom. The third-order valence-corrected chi connectivity index (χ3v) is 7.78. The molecule has 1 aromatic heterocycles. The van der Waals surface area contributed by atoms with E-state index in [4.69, 9.17) is 9.47 Å². The summed E-state index contributed by atoms with van der Waals surface area (Å²) in [7, 11) is -0.744. The van der Waals surface area contributed by atoms with Crippen LogP contribution in [0, 0.1) is 0 Å². The largest absolute Gasteiger partial charge is 0.466 e. The lowest BCUT2D eigenvalue weighted by atomic mass is 10.2. The van der Waals surface area contributed by atoms with Gasteiger partial charge < -0.3 is 19.3 Å². The van der Waals surface area contributed by atoms with E-state index in [1.807, 2.05) is 0 Å². The van der Waals surface area contributed by atoms with Gasteiger partial charge in [-0.2, -0.15) is 0 Å². The average molecular weight is 564 g/mol. The molecule has 0 N–H and O–H groups in total. The van der Waals surface area contributed by atoms with Crippen LogP contribution < -0.4 is 10.5 Å². The van der Waals surface area contributed by atoms with E-state index >= 15 is 0 Å². The highest BCUT2D eigenvalue weighted by Crippen LogP contribution is 2.19. The van der Waals surface area contributed by atoms with Crippen molar-refractivity contribution in [3.8, 4) is 5.69 Å². The third-order valence-electron chi connectivity index (χ3n) is 5.95. The Bertz CT molecular complexity index is 1340. The number of benzene rings is 1. The van der Waals surface area contributed by atoms with Gasteiger partial charge in [0, 0.05) is 58.6 Å². The minimum atomic E-state index is -3.64. The fourth-order valence-electron chi connectivity index (χ4n) is 3.93. The molecule has 0 aliphatic carbocycles. The van der Waals surface area contributed by atoms with E-state index in [0.717, 1.165) is 4.31 Å². The molecule has 0 spiro atoms. The summed E-state index contributed by atoms with van der Waals surface area (Å²) in [6.07, 6.45) is 1.47. The zero-order valence-electron chi connectivity index (χ0n) is 23.3. The summed E-state index contributed by atoms with van der Waals surface area (Å²) in [6.45, 7) is 8.83. The molecule has 1 aliphatic rings. The molecule has 2 aromatic rings. The van der Waals surface area contributed by atoms with Gasteiger partial charge in [0.25, 0.3) is 5.56 Å². The van der Waals surface area contributed by atoms with Gasteiger partial charge in [0.1, 0.15) is 5.60 Å². The van der Waals surface area contributed by atoms with Crippen LogP contribution in [0.15, 0.2) is 40.2 Å². The average Bonchev–Trinajstić information content (AvgIpc) is 2.87. The maximum atomic E-state index is 13.6. The van der Waals surface area contributed by atoms with E-state index in [1.54, 1.807) is 55.8 Å². The Morgan fingerprint density at radius 3 is 2.21 bits per heavy atom. The minimum absolute atomic E-state index is 0.0882. The van der Waals surface area contributed by atoms with Gasteiger partial charge in [0.05, 0.1) is 23.6 Å². The number of esters is 1. The maximum absolute atomic E-state index is 13.6. The SMILES string of the molecule is CCOC(=O)CCc1cn(-c2ccc(S(=O)(=O)N(C)C)cc2)c(=O)c(N2CCN(C(=O)OC(C)(C)C)CC2)n1. The number of piperazine rings is 1. The number of ether oxygens (including phenoxy) is 2. The molecule has 39 heavy (non-hydrogen) atoms. The van der Waals surface area contributed by atoms with Crippen molar-refractivity contribution in [2.75, 3.05) is 51.8 Å². The molecule has 2 heterocycles. The normalized spacial score (nSPS) is 14.4. The van der Waals surface area contributed by atoms with Crippen molar-refractivity contribution in [3.05, 3.63) is 46.5 Å². The van der Waals surface area contributed by atoms with Crippen LogP contribution in [-0.4, -0.2) is 91.7 Å². The van der Waals surface area contributed by atoms with Gasteiger partial charge in [-0.3, -0.25) is 14.2 Å². The first-order chi connectivity index (χ1) is 18.2. The fourth-order valence-corrected chi connectivity index (χ4v) is 4.83. The van der Waals surface area contributed by atoms with Crippen LogP contribution in [0.3, 0.4) is 0 Å². The van der Waals surface area contributed by atoms with E-state index in [-0.39, 0.29) is 36.1 Å². The first-order valence-corrected chi connectivity index (χ1v) is 14.2. The Hall–Kier alpha value is -3.45. The summed E-state index contributed by atoms with van der Waals surface area (Å²) < 4.78 is 37.9. The topological polar surface area (TPSA) is 131 Å². The van der Waals surface area contributed by atoms with Gasteiger partial charge in [-0.15, -0.1) is 0 Å². The zero-order valence-corrected chi connectivity index (χ0v) is 24.2. The number of sulfonamides is 1. The van der Waals surface area contributed by atoms with E-state index in [2.05, 4.69) is 4.98 Å². The minimum Gasteiger partial charge on any atom is -0.466 e. The smallest absolute Gasteiger partial charge is 0.410 e. The zero-order chi connectivity index (χ0) is 29.0. The van der Waals surface area contributed by atoms with Crippen molar-refractivity contribution < 1.29 is 27.5 Å². The van der Waals surface area contributed by atoms with E-state index in [0.29, 0.717) is 37.6 Å². The molecule has 0 radical (unpaired) electrons. The predicted octanol–water partition coefficient (Wildman–Crippen LogP) is 2.04. The molecular weight excluding hydrogens is 526 g/mol. The first-order valence-electron chi connectivity index (χ1n) is 12.8. The van der Waals surface area contributed by atoms with E-state index < -0.39 is 27.3 Å². The van der Waals surface area contributed by atoms with Crippen LogP contribution in [0.5, 0.6) is 0 Å². The van der Waals surface area contributed by atoms with E-state index in [9.17, 15) is 22.8 Å². The monoisotopic (exact) mass is 563 g/mol. The fraction of sp³-hybridized carbons (Fsp3) is 0.538. The molecule has 0 atom stereocenters. The maximum Gasteiger partial charge on any atom is 0.410 e. The van der Waals surface area contributed by atoms with Gasteiger partial charge in [-0.05, 0) is 52.0 Å². The molecule has 0 bridgehead atoms. The number of aryl methyl sites for hydroxylation is 1. The van der Waals surface area contributed by atoms with Crippen LogP contribution in [0.1, 0.15) is 39.8 Å². The molecule has 1 saturated heterocycles. The number of rotatable bonds is 8. The van der Waals surface area contributed by atoms with Crippen LogP contribution in [-0.2, 0) is 30.7 Å². The number of aromatic nitrogens is 2. The molecule has 12 nitrogen and oxygen atoms in total. The standard InChI is InChI=1S/C26H37N5O7S/c1-7-37-22(32)13-8-19-18-31(20-9-11-21(12-10-20)39(35,36)28(5)6)24(33)23(27-19)29-14-16-30(17-15-29)25(34)38-26(2,3)4/h9-12,18H,7-8,13-17H2,1-6H3. The van der Waals surface area contributed by atoms with Crippen molar-refractivity contribution >= 4 is 27.9 Å². The van der Waals surface area contributed by atoms with Gasteiger partial charge in [-0.25, -0.2) is 22.5 Å². The number of hydrogen-bond donors (Lipinski definition) is 0. The number of anilines is 1. The summed E-state index contributed by atoms with van der Waals surface area (Å²) in [4.78, 5) is 46.1.